The summed E-state index contributed by atoms with van der Waals surface area (Å²) in [6.07, 6.45) is 5.30. The Hall–Kier alpha value is -1.26. The number of hydrogen-bond donors (Lipinski definition) is 1. The van der Waals surface area contributed by atoms with Gasteiger partial charge in [0.2, 0.25) is 0 Å². The van der Waals surface area contributed by atoms with E-state index in [1.165, 1.54) is 0 Å². The SMILES string of the molecule is C#CC(NC)c1ccccc1. The minimum atomic E-state index is 0.0381. The molecule has 0 saturated heterocycles. The second-order valence-electron chi connectivity index (χ2n) is 2.30. The number of hydrogen-bond acceptors (Lipinski definition) is 1. The zero-order valence-electron chi connectivity index (χ0n) is 6.54. The van der Waals surface area contributed by atoms with Crippen molar-refractivity contribution in [3.05, 3.63) is 35.9 Å². The Labute approximate surface area is 67.4 Å². The van der Waals surface area contributed by atoms with Gasteiger partial charge < -0.3 is 5.32 Å². The van der Waals surface area contributed by atoms with Crippen molar-refractivity contribution in [1.82, 2.24) is 5.32 Å². The van der Waals surface area contributed by atoms with Gasteiger partial charge in [-0.3, -0.25) is 0 Å². The number of terminal acetylenes is 1. The molecule has 0 aromatic heterocycles. The monoisotopic (exact) mass is 145 g/mol. The van der Waals surface area contributed by atoms with E-state index in [1.54, 1.807) is 0 Å². The van der Waals surface area contributed by atoms with Gasteiger partial charge in [0.05, 0.1) is 6.04 Å². The molecule has 0 aliphatic heterocycles. The highest BCUT2D eigenvalue weighted by Gasteiger charge is 2.01. The van der Waals surface area contributed by atoms with Gasteiger partial charge in [0, 0.05) is 0 Å². The standard InChI is InChI=1S/C10H11N/c1-3-10(11-2)9-7-5-4-6-8-9/h1,4-8,10-11H,2H3. The predicted molar refractivity (Wildman–Crippen MR) is 47.1 cm³/mol. The molecule has 0 aliphatic rings. The average molecular weight is 145 g/mol. The quantitative estimate of drug-likeness (QED) is 0.623. The second kappa shape index (κ2) is 3.80. The maximum atomic E-state index is 5.30. The highest BCUT2D eigenvalue weighted by atomic mass is 14.9. The molecule has 1 aromatic carbocycles. The van der Waals surface area contributed by atoms with Crippen molar-refractivity contribution in [2.45, 2.75) is 6.04 Å². The zero-order valence-corrected chi connectivity index (χ0v) is 6.54. The van der Waals surface area contributed by atoms with E-state index in [1.807, 2.05) is 37.4 Å². The molecular formula is C10H11N. The predicted octanol–water partition coefficient (Wildman–Crippen LogP) is 1.58. The van der Waals surface area contributed by atoms with Crippen molar-refractivity contribution in [2.24, 2.45) is 0 Å². The Balaban J connectivity index is 2.85. The van der Waals surface area contributed by atoms with Crippen LogP contribution in [0.3, 0.4) is 0 Å². The van der Waals surface area contributed by atoms with Crippen molar-refractivity contribution in [3.8, 4) is 12.3 Å². The fourth-order valence-corrected chi connectivity index (χ4v) is 0.992. The van der Waals surface area contributed by atoms with E-state index in [-0.39, 0.29) is 6.04 Å². The summed E-state index contributed by atoms with van der Waals surface area (Å²) in [7, 11) is 1.86. The molecule has 1 nitrogen and oxygen atoms in total. The van der Waals surface area contributed by atoms with E-state index in [0.29, 0.717) is 0 Å². The molecule has 0 amide bonds. The summed E-state index contributed by atoms with van der Waals surface area (Å²) in [6.45, 7) is 0. The molecule has 0 radical (unpaired) electrons. The third-order valence-corrected chi connectivity index (χ3v) is 1.59. The zero-order chi connectivity index (χ0) is 8.10. The lowest BCUT2D eigenvalue weighted by atomic mass is 10.1. The van der Waals surface area contributed by atoms with Crippen LogP contribution in [0, 0.1) is 12.3 Å². The maximum absolute atomic E-state index is 5.30. The van der Waals surface area contributed by atoms with E-state index in [0.717, 1.165) is 5.56 Å². The molecule has 1 N–H and O–H groups in total. The Morgan fingerprint density at radius 2 is 2.00 bits per heavy atom. The Kier molecular flexibility index (Phi) is 2.71. The normalized spacial score (nSPS) is 12.0. The van der Waals surface area contributed by atoms with E-state index in [2.05, 4.69) is 11.2 Å². The summed E-state index contributed by atoms with van der Waals surface area (Å²) in [5.74, 6) is 2.66. The van der Waals surface area contributed by atoms with Crippen LogP contribution in [0.5, 0.6) is 0 Å². The van der Waals surface area contributed by atoms with Gasteiger partial charge in [-0.25, -0.2) is 0 Å². The van der Waals surface area contributed by atoms with Gasteiger partial charge in [-0.2, -0.15) is 0 Å². The van der Waals surface area contributed by atoms with Crippen molar-refractivity contribution in [3.63, 3.8) is 0 Å². The number of benzene rings is 1. The summed E-state index contributed by atoms with van der Waals surface area (Å²) in [4.78, 5) is 0. The molecule has 0 saturated carbocycles. The Morgan fingerprint density at radius 1 is 1.36 bits per heavy atom. The van der Waals surface area contributed by atoms with Crippen molar-refractivity contribution < 1.29 is 0 Å². The van der Waals surface area contributed by atoms with Gasteiger partial charge in [0.25, 0.3) is 0 Å². The van der Waals surface area contributed by atoms with Crippen molar-refractivity contribution in [1.29, 1.82) is 0 Å². The lowest BCUT2D eigenvalue weighted by Gasteiger charge is -2.07. The molecule has 1 heteroatoms. The van der Waals surface area contributed by atoms with Crippen LogP contribution in [0.25, 0.3) is 0 Å². The molecule has 11 heavy (non-hydrogen) atoms. The van der Waals surface area contributed by atoms with Crippen LogP contribution >= 0.6 is 0 Å². The van der Waals surface area contributed by atoms with Gasteiger partial charge in [-0.05, 0) is 12.6 Å². The molecule has 0 fully saturated rings. The molecule has 1 atom stereocenters. The minimum Gasteiger partial charge on any atom is -0.303 e. The van der Waals surface area contributed by atoms with Crippen LogP contribution in [0.1, 0.15) is 11.6 Å². The fourth-order valence-electron chi connectivity index (χ4n) is 0.992. The van der Waals surface area contributed by atoms with Crippen LogP contribution in [-0.4, -0.2) is 7.05 Å². The van der Waals surface area contributed by atoms with E-state index in [9.17, 15) is 0 Å². The summed E-state index contributed by atoms with van der Waals surface area (Å²) in [5, 5.41) is 3.03. The van der Waals surface area contributed by atoms with E-state index < -0.39 is 0 Å². The van der Waals surface area contributed by atoms with E-state index in [4.69, 9.17) is 6.42 Å². The molecule has 56 valence electrons. The maximum Gasteiger partial charge on any atom is 0.0940 e. The molecule has 0 heterocycles. The molecule has 0 bridgehead atoms. The number of rotatable bonds is 2. The Morgan fingerprint density at radius 3 is 2.45 bits per heavy atom. The smallest absolute Gasteiger partial charge is 0.0940 e. The third-order valence-electron chi connectivity index (χ3n) is 1.59. The summed E-state index contributed by atoms with van der Waals surface area (Å²) in [6, 6.07) is 10.0. The first-order chi connectivity index (χ1) is 5.38. The molecule has 0 aliphatic carbocycles. The summed E-state index contributed by atoms with van der Waals surface area (Å²) < 4.78 is 0. The van der Waals surface area contributed by atoms with Crippen molar-refractivity contribution in [2.75, 3.05) is 7.05 Å². The largest absolute Gasteiger partial charge is 0.303 e. The molecule has 1 aromatic rings. The van der Waals surface area contributed by atoms with Gasteiger partial charge in [-0.15, -0.1) is 6.42 Å². The van der Waals surface area contributed by atoms with Gasteiger partial charge in [0.15, 0.2) is 0 Å². The van der Waals surface area contributed by atoms with Crippen LogP contribution in [0.2, 0.25) is 0 Å². The molecule has 0 spiro atoms. The van der Waals surface area contributed by atoms with E-state index >= 15 is 0 Å². The summed E-state index contributed by atoms with van der Waals surface area (Å²) in [5.41, 5.74) is 1.14. The van der Waals surface area contributed by atoms with Gasteiger partial charge in [0.1, 0.15) is 0 Å². The number of nitrogens with one attached hydrogen (secondary N) is 1. The van der Waals surface area contributed by atoms with Crippen molar-refractivity contribution >= 4 is 0 Å². The van der Waals surface area contributed by atoms with Crippen LogP contribution in [0.4, 0.5) is 0 Å². The lowest BCUT2D eigenvalue weighted by Crippen LogP contribution is -2.13. The first kappa shape index (κ1) is 7.84. The molecule has 1 unspecified atom stereocenters. The van der Waals surface area contributed by atoms with Gasteiger partial charge >= 0.3 is 0 Å². The Bertz CT molecular complexity index is 245. The molecule has 1 rings (SSSR count). The second-order valence-corrected chi connectivity index (χ2v) is 2.30. The molecular weight excluding hydrogens is 134 g/mol. The minimum absolute atomic E-state index is 0.0381. The lowest BCUT2D eigenvalue weighted by molar-refractivity contribution is 0.737. The topological polar surface area (TPSA) is 12.0 Å². The van der Waals surface area contributed by atoms with Gasteiger partial charge in [-0.1, -0.05) is 36.3 Å². The van der Waals surface area contributed by atoms with Crippen LogP contribution in [-0.2, 0) is 0 Å². The van der Waals surface area contributed by atoms with Crippen LogP contribution in [0.15, 0.2) is 30.3 Å². The highest BCUT2D eigenvalue weighted by molar-refractivity contribution is 5.25. The van der Waals surface area contributed by atoms with Crippen LogP contribution < -0.4 is 5.32 Å². The first-order valence-corrected chi connectivity index (χ1v) is 3.57. The fraction of sp³-hybridized carbons (Fsp3) is 0.200. The summed E-state index contributed by atoms with van der Waals surface area (Å²) >= 11 is 0. The highest BCUT2D eigenvalue weighted by Crippen LogP contribution is 2.09. The third kappa shape index (κ3) is 1.83. The average Bonchev–Trinajstić information content (AvgIpc) is 2.09. The first-order valence-electron chi connectivity index (χ1n) is 3.57.